The van der Waals surface area contributed by atoms with Crippen LogP contribution in [0.15, 0.2) is 18.2 Å². The quantitative estimate of drug-likeness (QED) is 0.886. The second-order valence-corrected chi connectivity index (χ2v) is 6.19. The minimum absolute atomic E-state index is 0.0978. The van der Waals surface area contributed by atoms with Crippen LogP contribution in [0.25, 0.3) is 0 Å². The second-order valence-electron chi connectivity index (χ2n) is 6.19. The lowest BCUT2D eigenvalue weighted by atomic mass is 9.81. The van der Waals surface area contributed by atoms with Crippen LogP contribution in [-0.4, -0.2) is 18.0 Å². The van der Waals surface area contributed by atoms with Crippen molar-refractivity contribution in [3.63, 3.8) is 0 Å². The van der Waals surface area contributed by atoms with E-state index in [1.54, 1.807) is 0 Å². The molecule has 0 heterocycles. The molecule has 2 rings (SSSR count). The maximum absolute atomic E-state index is 12.3. The zero-order chi connectivity index (χ0) is 14.6. The van der Waals surface area contributed by atoms with E-state index in [-0.39, 0.29) is 11.4 Å². The Morgan fingerprint density at radius 1 is 1.20 bits per heavy atom. The summed E-state index contributed by atoms with van der Waals surface area (Å²) in [6.45, 7) is 4.72. The van der Waals surface area contributed by atoms with Gasteiger partial charge in [0.1, 0.15) is 0 Å². The molecule has 1 aliphatic carbocycles. The molecular weight excluding hydrogens is 248 g/mol. The number of carbonyl (C=O) groups excluding carboxylic acids is 1. The first kappa shape index (κ1) is 15.0. The van der Waals surface area contributed by atoms with Crippen molar-refractivity contribution in [1.29, 1.82) is 0 Å². The molecule has 110 valence electrons. The Kier molecular flexibility index (Phi) is 4.81. The van der Waals surface area contributed by atoms with E-state index in [2.05, 4.69) is 31.3 Å². The molecular formula is C17H26N2O. The van der Waals surface area contributed by atoms with E-state index in [4.69, 9.17) is 5.73 Å². The fourth-order valence-corrected chi connectivity index (χ4v) is 3.05. The Bertz CT molecular complexity index is 476. The summed E-state index contributed by atoms with van der Waals surface area (Å²) in [5.74, 6) is 0.0978. The highest BCUT2D eigenvalue weighted by Crippen LogP contribution is 2.27. The van der Waals surface area contributed by atoms with Crippen molar-refractivity contribution >= 4 is 5.91 Å². The molecule has 1 amide bonds. The number of nitrogens with one attached hydrogen (secondary N) is 1. The SMILES string of the molecule is Cc1ccc(CC(=O)NC2(CN)CCCCC2)cc1C. The average Bonchev–Trinajstić information content (AvgIpc) is 2.44. The van der Waals surface area contributed by atoms with Gasteiger partial charge < -0.3 is 11.1 Å². The fourth-order valence-electron chi connectivity index (χ4n) is 3.05. The molecule has 0 atom stereocenters. The van der Waals surface area contributed by atoms with Gasteiger partial charge in [0.2, 0.25) is 5.91 Å². The maximum Gasteiger partial charge on any atom is 0.224 e. The highest BCUT2D eigenvalue weighted by Gasteiger charge is 2.31. The molecule has 0 saturated heterocycles. The van der Waals surface area contributed by atoms with E-state index >= 15 is 0 Å². The minimum atomic E-state index is -0.158. The summed E-state index contributed by atoms with van der Waals surface area (Å²) in [6, 6.07) is 6.22. The summed E-state index contributed by atoms with van der Waals surface area (Å²) >= 11 is 0. The van der Waals surface area contributed by atoms with Gasteiger partial charge in [0, 0.05) is 6.54 Å². The predicted molar refractivity (Wildman–Crippen MR) is 82.6 cm³/mol. The molecule has 1 aromatic carbocycles. The Morgan fingerprint density at radius 2 is 1.90 bits per heavy atom. The summed E-state index contributed by atoms with van der Waals surface area (Å²) in [6.07, 6.45) is 6.07. The summed E-state index contributed by atoms with van der Waals surface area (Å²) in [5.41, 5.74) is 9.33. The average molecular weight is 274 g/mol. The highest BCUT2D eigenvalue weighted by atomic mass is 16.1. The topological polar surface area (TPSA) is 55.1 Å². The fraction of sp³-hybridized carbons (Fsp3) is 0.588. The molecule has 0 aromatic heterocycles. The smallest absolute Gasteiger partial charge is 0.224 e. The zero-order valence-electron chi connectivity index (χ0n) is 12.7. The Hall–Kier alpha value is -1.35. The van der Waals surface area contributed by atoms with Crippen LogP contribution in [0.2, 0.25) is 0 Å². The van der Waals surface area contributed by atoms with Gasteiger partial charge in [-0.15, -0.1) is 0 Å². The van der Waals surface area contributed by atoms with Crippen molar-refractivity contribution in [2.45, 2.75) is 57.9 Å². The molecule has 0 radical (unpaired) electrons. The van der Waals surface area contributed by atoms with Crippen LogP contribution >= 0.6 is 0 Å². The van der Waals surface area contributed by atoms with Crippen LogP contribution in [0.4, 0.5) is 0 Å². The van der Waals surface area contributed by atoms with Crippen molar-refractivity contribution in [2.75, 3.05) is 6.54 Å². The molecule has 20 heavy (non-hydrogen) atoms. The van der Waals surface area contributed by atoms with E-state index in [0.29, 0.717) is 13.0 Å². The molecule has 1 fully saturated rings. The Morgan fingerprint density at radius 3 is 2.50 bits per heavy atom. The van der Waals surface area contributed by atoms with Crippen LogP contribution in [0.5, 0.6) is 0 Å². The standard InChI is InChI=1S/C17H26N2O/c1-13-6-7-15(10-14(13)2)11-16(20)19-17(12-18)8-4-3-5-9-17/h6-7,10H,3-5,8-9,11-12,18H2,1-2H3,(H,19,20). The first-order valence-corrected chi connectivity index (χ1v) is 7.62. The van der Waals surface area contributed by atoms with Crippen LogP contribution in [-0.2, 0) is 11.2 Å². The van der Waals surface area contributed by atoms with E-state index in [1.807, 2.05) is 6.07 Å². The zero-order valence-corrected chi connectivity index (χ0v) is 12.7. The molecule has 0 bridgehead atoms. The largest absolute Gasteiger partial charge is 0.349 e. The molecule has 0 spiro atoms. The number of carbonyl (C=O) groups is 1. The van der Waals surface area contributed by atoms with Crippen LogP contribution in [0.1, 0.15) is 48.8 Å². The van der Waals surface area contributed by atoms with Gasteiger partial charge in [-0.3, -0.25) is 4.79 Å². The summed E-state index contributed by atoms with van der Waals surface area (Å²) in [7, 11) is 0. The number of benzene rings is 1. The van der Waals surface area contributed by atoms with Crippen molar-refractivity contribution in [3.8, 4) is 0 Å². The monoisotopic (exact) mass is 274 g/mol. The van der Waals surface area contributed by atoms with Crippen molar-refractivity contribution < 1.29 is 4.79 Å². The first-order valence-electron chi connectivity index (χ1n) is 7.62. The van der Waals surface area contributed by atoms with Crippen molar-refractivity contribution in [2.24, 2.45) is 5.73 Å². The van der Waals surface area contributed by atoms with Crippen LogP contribution in [0, 0.1) is 13.8 Å². The van der Waals surface area contributed by atoms with Crippen LogP contribution < -0.4 is 11.1 Å². The van der Waals surface area contributed by atoms with E-state index in [9.17, 15) is 4.79 Å². The third-order valence-corrected chi connectivity index (χ3v) is 4.54. The third-order valence-electron chi connectivity index (χ3n) is 4.54. The predicted octanol–water partition coefficient (Wildman–Crippen LogP) is 2.62. The summed E-state index contributed by atoms with van der Waals surface area (Å²) < 4.78 is 0. The van der Waals surface area contributed by atoms with Gasteiger partial charge in [-0.2, -0.15) is 0 Å². The number of hydrogen-bond acceptors (Lipinski definition) is 2. The number of aryl methyl sites for hydroxylation is 2. The third kappa shape index (κ3) is 3.60. The normalized spacial score (nSPS) is 17.8. The molecule has 1 aromatic rings. The lowest BCUT2D eigenvalue weighted by Crippen LogP contribution is -2.55. The lowest BCUT2D eigenvalue weighted by molar-refractivity contribution is -0.122. The molecule has 0 unspecified atom stereocenters. The van der Waals surface area contributed by atoms with Gasteiger partial charge in [-0.05, 0) is 43.4 Å². The van der Waals surface area contributed by atoms with Gasteiger partial charge in [-0.25, -0.2) is 0 Å². The summed E-state index contributed by atoms with van der Waals surface area (Å²) in [5, 5.41) is 3.20. The van der Waals surface area contributed by atoms with Gasteiger partial charge >= 0.3 is 0 Å². The van der Waals surface area contributed by atoms with Gasteiger partial charge in [0.05, 0.1) is 12.0 Å². The van der Waals surface area contributed by atoms with Crippen molar-refractivity contribution in [3.05, 3.63) is 34.9 Å². The number of rotatable bonds is 4. The minimum Gasteiger partial charge on any atom is -0.349 e. The molecule has 3 N–H and O–H groups in total. The molecule has 3 heteroatoms. The lowest BCUT2D eigenvalue weighted by Gasteiger charge is -2.37. The van der Waals surface area contributed by atoms with Gasteiger partial charge in [0.25, 0.3) is 0 Å². The van der Waals surface area contributed by atoms with Crippen molar-refractivity contribution in [1.82, 2.24) is 5.32 Å². The van der Waals surface area contributed by atoms with Gasteiger partial charge in [0.15, 0.2) is 0 Å². The van der Waals surface area contributed by atoms with E-state index in [1.165, 1.54) is 30.4 Å². The summed E-state index contributed by atoms with van der Waals surface area (Å²) in [4.78, 5) is 12.3. The highest BCUT2D eigenvalue weighted by molar-refractivity contribution is 5.79. The first-order chi connectivity index (χ1) is 9.54. The molecule has 1 aliphatic rings. The number of hydrogen-bond donors (Lipinski definition) is 2. The van der Waals surface area contributed by atoms with E-state index < -0.39 is 0 Å². The number of nitrogens with two attached hydrogens (primary N) is 1. The number of amides is 1. The molecule has 1 saturated carbocycles. The second kappa shape index (κ2) is 6.40. The maximum atomic E-state index is 12.3. The Labute approximate surface area is 121 Å². The molecule has 3 nitrogen and oxygen atoms in total. The molecule has 0 aliphatic heterocycles. The van der Waals surface area contributed by atoms with Gasteiger partial charge in [-0.1, -0.05) is 37.5 Å². The Balaban J connectivity index is 1.98. The van der Waals surface area contributed by atoms with Crippen LogP contribution in [0.3, 0.4) is 0 Å². The van der Waals surface area contributed by atoms with E-state index in [0.717, 1.165) is 18.4 Å².